The molecule has 0 saturated carbocycles. The molecule has 0 aliphatic carbocycles. The maximum atomic E-state index is 6.00. The topological polar surface area (TPSA) is 30.8 Å². The Morgan fingerprint density at radius 3 is 2.39 bits per heavy atom. The molecule has 28 heavy (non-hydrogen) atoms. The van der Waals surface area contributed by atoms with Crippen molar-refractivity contribution in [3.63, 3.8) is 0 Å². The first-order valence-corrected chi connectivity index (χ1v) is 9.62. The molecule has 0 aromatic heterocycles. The van der Waals surface area contributed by atoms with Gasteiger partial charge < -0.3 is 9.47 Å². The van der Waals surface area contributed by atoms with Crippen LogP contribution in [0.5, 0.6) is 11.5 Å². The third-order valence-corrected chi connectivity index (χ3v) is 4.71. The standard InChI is InChI=1S/C25H27NO2/c1-5-27-25-15-22(16-26-23-8-6-7-19(3)20(23)4)13-14-24(25)28-17-21-11-9-18(2)10-12-21/h6-16H,5,17H2,1-4H3. The van der Waals surface area contributed by atoms with E-state index in [0.29, 0.717) is 13.2 Å². The summed E-state index contributed by atoms with van der Waals surface area (Å²) in [6.07, 6.45) is 1.87. The zero-order chi connectivity index (χ0) is 19.9. The van der Waals surface area contributed by atoms with Crippen LogP contribution in [0.2, 0.25) is 0 Å². The van der Waals surface area contributed by atoms with Crippen LogP contribution in [-0.4, -0.2) is 12.8 Å². The molecule has 0 saturated heterocycles. The molecule has 144 valence electrons. The van der Waals surface area contributed by atoms with Crippen molar-refractivity contribution < 1.29 is 9.47 Å². The minimum atomic E-state index is 0.510. The molecule has 3 nitrogen and oxygen atoms in total. The Morgan fingerprint density at radius 1 is 0.857 bits per heavy atom. The summed E-state index contributed by atoms with van der Waals surface area (Å²) in [6, 6.07) is 20.4. The first-order valence-electron chi connectivity index (χ1n) is 9.62. The maximum Gasteiger partial charge on any atom is 0.161 e. The van der Waals surface area contributed by atoms with E-state index >= 15 is 0 Å². The van der Waals surface area contributed by atoms with E-state index in [2.05, 4.69) is 56.1 Å². The molecule has 0 aliphatic rings. The summed E-state index contributed by atoms with van der Waals surface area (Å²) < 4.78 is 11.8. The Labute approximate surface area is 167 Å². The van der Waals surface area contributed by atoms with Crippen molar-refractivity contribution in [3.8, 4) is 11.5 Å². The van der Waals surface area contributed by atoms with E-state index in [4.69, 9.17) is 9.47 Å². The summed E-state index contributed by atoms with van der Waals surface area (Å²) >= 11 is 0. The van der Waals surface area contributed by atoms with Crippen LogP contribution in [-0.2, 0) is 6.61 Å². The number of aryl methyl sites for hydroxylation is 2. The molecule has 3 heteroatoms. The minimum absolute atomic E-state index is 0.510. The Balaban J connectivity index is 1.77. The summed E-state index contributed by atoms with van der Waals surface area (Å²) in [4.78, 5) is 4.65. The zero-order valence-corrected chi connectivity index (χ0v) is 17.0. The van der Waals surface area contributed by atoms with E-state index in [1.807, 2.05) is 43.5 Å². The van der Waals surface area contributed by atoms with Gasteiger partial charge in [-0.2, -0.15) is 0 Å². The van der Waals surface area contributed by atoms with Crippen LogP contribution >= 0.6 is 0 Å². The number of rotatable bonds is 7. The predicted octanol–water partition coefficient (Wildman–Crippen LogP) is 6.34. The monoisotopic (exact) mass is 373 g/mol. The second-order valence-electron chi connectivity index (χ2n) is 6.89. The van der Waals surface area contributed by atoms with Crippen LogP contribution in [0.1, 0.15) is 34.7 Å². The fourth-order valence-corrected chi connectivity index (χ4v) is 2.86. The van der Waals surface area contributed by atoms with Crippen LogP contribution in [0, 0.1) is 20.8 Å². The fraction of sp³-hybridized carbons (Fsp3) is 0.240. The Kier molecular flexibility index (Phi) is 6.49. The fourth-order valence-electron chi connectivity index (χ4n) is 2.86. The number of hydrogen-bond acceptors (Lipinski definition) is 3. The lowest BCUT2D eigenvalue weighted by molar-refractivity contribution is 0.269. The van der Waals surface area contributed by atoms with E-state index in [9.17, 15) is 0 Å². The smallest absolute Gasteiger partial charge is 0.161 e. The Bertz CT molecular complexity index is 959. The van der Waals surface area contributed by atoms with E-state index in [-0.39, 0.29) is 0 Å². The normalized spacial score (nSPS) is 11.0. The molecule has 3 aromatic rings. The summed E-state index contributed by atoms with van der Waals surface area (Å²) in [6.45, 7) is 9.34. The largest absolute Gasteiger partial charge is 0.490 e. The first kappa shape index (κ1) is 19.7. The van der Waals surface area contributed by atoms with Gasteiger partial charge in [0.1, 0.15) is 6.61 Å². The molecular formula is C25H27NO2. The number of hydrogen-bond donors (Lipinski definition) is 0. The lowest BCUT2D eigenvalue weighted by Gasteiger charge is -2.13. The van der Waals surface area contributed by atoms with Gasteiger partial charge in [0.25, 0.3) is 0 Å². The van der Waals surface area contributed by atoms with Crippen molar-refractivity contribution in [2.75, 3.05) is 6.61 Å². The first-order chi connectivity index (χ1) is 13.6. The van der Waals surface area contributed by atoms with Gasteiger partial charge in [-0.3, -0.25) is 4.99 Å². The van der Waals surface area contributed by atoms with Crippen molar-refractivity contribution in [2.45, 2.75) is 34.3 Å². The molecule has 3 aromatic carbocycles. The second kappa shape index (κ2) is 9.23. The number of ether oxygens (including phenoxy) is 2. The van der Waals surface area contributed by atoms with Gasteiger partial charge in [0.2, 0.25) is 0 Å². The minimum Gasteiger partial charge on any atom is -0.490 e. The molecule has 0 atom stereocenters. The maximum absolute atomic E-state index is 6.00. The molecule has 0 amide bonds. The van der Waals surface area contributed by atoms with E-state index in [1.54, 1.807) is 0 Å². The van der Waals surface area contributed by atoms with Gasteiger partial charge in [-0.25, -0.2) is 0 Å². The molecule has 0 aliphatic heterocycles. The van der Waals surface area contributed by atoms with Crippen molar-refractivity contribution in [1.29, 1.82) is 0 Å². The summed E-state index contributed by atoms with van der Waals surface area (Å²) in [5, 5.41) is 0. The van der Waals surface area contributed by atoms with Crippen molar-refractivity contribution in [2.24, 2.45) is 4.99 Å². The lowest BCUT2D eigenvalue weighted by atomic mass is 10.1. The highest BCUT2D eigenvalue weighted by atomic mass is 16.5. The average molecular weight is 373 g/mol. The van der Waals surface area contributed by atoms with Gasteiger partial charge in [-0.05, 0) is 74.2 Å². The van der Waals surface area contributed by atoms with Gasteiger partial charge in [0.05, 0.1) is 12.3 Å². The molecule has 3 rings (SSSR count). The van der Waals surface area contributed by atoms with Crippen LogP contribution in [0.25, 0.3) is 0 Å². The molecule has 0 fully saturated rings. The highest BCUT2D eigenvalue weighted by molar-refractivity contribution is 5.83. The van der Waals surface area contributed by atoms with Gasteiger partial charge >= 0.3 is 0 Å². The molecule has 0 bridgehead atoms. The van der Waals surface area contributed by atoms with Crippen molar-refractivity contribution in [3.05, 3.63) is 88.5 Å². The lowest BCUT2D eigenvalue weighted by Crippen LogP contribution is -2.00. The number of benzene rings is 3. The highest BCUT2D eigenvalue weighted by Crippen LogP contribution is 2.29. The van der Waals surface area contributed by atoms with Crippen molar-refractivity contribution >= 4 is 11.9 Å². The Hall–Kier alpha value is -3.07. The van der Waals surface area contributed by atoms with Gasteiger partial charge in [-0.1, -0.05) is 42.0 Å². The third kappa shape index (κ3) is 5.01. The summed E-state index contributed by atoms with van der Waals surface area (Å²) in [7, 11) is 0. The molecule has 0 heterocycles. The quantitative estimate of drug-likeness (QED) is 0.452. The SMILES string of the molecule is CCOc1cc(C=Nc2cccc(C)c2C)ccc1OCc1ccc(C)cc1. The van der Waals surface area contributed by atoms with Crippen molar-refractivity contribution in [1.82, 2.24) is 0 Å². The van der Waals surface area contributed by atoms with Gasteiger partial charge in [-0.15, -0.1) is 0 Å². The number of aliphatic imine (C=N–C) groups is 1. The molecule has 0 unspecified atom stereocenters. The number of nitrogens with zero attached hydrogens (tertiary/aromatic N) is 1. The zero-order valence-electron chi connectivity index (χ0n) is 17.0. The van der Waals surface area contributed by atoms with E-state index in [1.165, 1.54) is 16.7 Å². The van der Waals surface area contributed by atoms with Gasteiger partial charge in [0, 0.05) is 6.21 Å². The highest BCUT2D eigenvalue weighted by Gasteiger charge is 2.07. The summed E-state index contributed by atoms with van der Waals surface area (Å²) in [5.41, 5.74) is 6.77. The predicted molar refractivity (Wildman–Crippen MR) is 116 cm³/mol. The molecular weight excluding hydrogens is 346 g/mol. The summed E-state index contributed by atoms with van der Waals surface area (Å²) in [5.74, 6) is 1.48. The average Bonchev–Trinajstić information content (AvgIpc) is 2.70. The van der Waals surface area contributed by atoms with Crippen LogP contribution in [0.3, 0.4) is 0 Å². The molecule has 0 radical (unpaired) electrons. The third-order valence-electron chi connectivity index (χ3n) is 4.71. The van der Waals surface area contributed by atoms with Gasteiger partial charge in [0.15, 0.2) is 11.5 Å². The second-order valence-corrected chi connectivity index (χ2v) is 6.89. The van der Waals surface area contributed by atoms with E-state index in [0.717, 1.165) is 28.3 Å². The van der Waals surface area contributed by atoms with Crippen LogP contribution in [0.15, 0.2) is 65.7 Å². The van der Waals surface area contributed by atoms with E-state index < -0.39 is 0 Å². The molecule has 0 N–H and O–H groups in total. The van der Waals surface area contributed by atoms with Crippen LogP contribution < -0.4 is 9.47 Å². The molecule has 0 spiro atoms. The Morgan fingerprint density at radius 2 is 1.64 bits per heavy atom. The van der Waals surface area contributed by atoms with Crippen LogP contribution in [0.4, 0.5) is 5.69 Å².